The van der Waals surface area contributed by atoms with Gasteiger partial charge in [0, 0.05) is 31.5 Å². The van der Waals surface area contributed by atoms with Crippen molar-refractivity contribution in [2.24, 2.45) is 0 Å². The Morgan fingerprint density at radius 2 is 1.83 bits per heavy atom. The van der Waals surface area contributed by atoms with Crippen LogP contribution < -0.4 is 5.32 Å². The number of likely N-dealkylation sites (tertiary alicyclic amines) is 1. The monoisotopic (exact) mass is 388 g/mol. The van der Waals surface area contributed by atoms with Gasteiger partial charge < -0.3 is 10.2 Å². The van der Waals surface area contributed by atoms with Crippen molar-refractivity contribution in [1.82, 2.24) is 14.7 Å². The molecule has 1 aromatic heterocycles. The highest BCUT2D eigenvalue weighted by atomic mass is 16.2. The predicted octanol–water partition coefficient (Wildman–Crippen LogP) is 3.85. The van der Waals surface area contributed by atoms with Crippen molar-refractivity contribution in [2.45, 2.75) is 25.7 Å². The topological polar surface area (TPSA) is 67.2 Å². The molecule has 2 aromatic carbocycles. The van der Waals surface area contributed by atoms with E-state index in [2.05, 4.69) is 34.7 Å². The highest BCUT2D eigenvalue weighted by molar-refractivity contribution is 5.94. The summed E-state index contributed by atoms with van der Waals surface area (Å²) in [5, 5.41) is 6.96. The summed E-state index contributed by atoms with van der Waals surface area (Å²) in [6.07, 6.45) is 5.47. The lowest BCUT2D eigenvalue weighted by Crippen LogP contribution is -2.39. The first-order valence-electron chi connectivity index (χ1n) is 9.87. The summed E-state index contributed by atoms with van der Waals surface area (Å²) in [6.45, 7) is 3.01. The van der Waals surface area contributed by atoms with E-state index in [-0.39, 0.29) is 11.8 Å². The lowest BCUT2D eigenvalue weighted by Gasteiger charge is -2.33. The number of benzene rings is 2. The van der Waals surface area contributed by atoms with E-state index in [4.69, 9.17) is 0 Å². The average Bonchev–Trinajstić information content (AvgIpc) is 3.22. The molecule has 1 N–H and O–H groups in total. The Hall–Kier alpha value is -3.41. The van der Waals surface area contributed by atoms with Crippen molar-refractivity contribution in [2.75, 3.05) is 18.4 Å². The van der Waals surface area contributed by atoms with Crippen molar-refractivity contribution in [1.29, 1.82) is 0 Å². The summed E-state index contributed by atoms with van der Waals surface area (Å²) in [4.78, 5) is 26.1. The Bertz CT molecular complexity index is 995. The molecule has 1 aliphatic rings. The summed E-state index contributed by atoms with van der Waals surface area (Å²) in [7, 11) is 0. The van der Waals surface area contributed by atoms with Crippen LogP contribution >= 0.6 is 0 Å². The normalized spacial score (nSPS) is 16.4. The molecule has 0 unspecified atom stereocenters. The smallest absolute Gasteiger partial charge is 0.253 e. The maximum Gasteiger partial charge on any atom is 0.253 e. The Morgan fingerprint density at radius 3 is 2.55 bits per heavy atom. The van der Waals surface area contributed by atoms with E-state index in [1.165, 1.54) is 12.5 Å². The van der Waals surface area contributed by atoms with Crippen molar-refractivity contribution >= 4 is 17.5 Å². The molecule has 0 spiro atoms. The minimum Gasteiger partial charge on any atom is -0.338 e. The molecule has 1 atom stereocenters. The quantitative estimate of drug-likeness (QED) is 0.738. The van der Waals surface area contributed by atoms with E-state index in [0.29, 0.717) is 17.2 Å². The molecule has 1 saturated heterocycles. The maximum absolute atomic E-state index is 13.0. The molecule has 6 heteroatoms. The van der Waals surface area contributed by atoms with Gasteiger partial charge in [0.25, 0.3) is 5.91 Å². The highest BCUT2D eigenvalue weighted by Crippen LogP contribution is 2.27. The fraction of sp³-hybridized carbons (Fsp3) is 0.261. The third kappa shape index (κ3) is 4.37. The Labute approximate surface area is 170 Å². The molecule has 2 heterocycles. The minimum atomic E-state index is -0.138. The molecule has 0 aliphatic carbocycles. The van der Waals surface area contributed by atoms with E-state index >= 15 is 0 Å². The minimum absolute atomic E-state index is 0.0663. The number of rotatable bonds is 4. The lowest BCUT2D eigenvalue weighted by atomic mass is 9.90. The first kappa shape index (κ1) is 18.9. The number of hydrogen-bond acceptors (Lipinski definition) is 3. The van der Waals surface area contributed by atoms with Gasteiger partial charge in [-0.1, -0.05) is 30.3 Å². The molecule has 1 fully saturated rings. The fourth-order valence-corrected chi connectivity index (χ4v) is 3.83. The van der Waals surface area contributed by atoms with Crippen LogP contribution in [0, 0.1) is 0 Å². The van der Waals surface area contributed by atoms with Gasteiger partial charge in [0.2, 0.25) is 5.91 Å². The molecule has 3 aromatic rings. The van der Waals surface area contributed by atoms with Gasteiger partial charge in [0.15, 0.2) is 0 Å². The number of aromatic nitrogens is 2. The second-order valence-electron chi connectivity index (χ2n) is 7.40. The first-order chi connectivity index (χ1) is 14.1. The van der Waals surface area contributed by atoms with Gasteiger partial charge in [-0.05, 0) is 42.7 Å². The van der Waals surface area contributed by atoms with E-state index in [0.717, 1.165) is 31.6 Å². The number of carbonyl (C=O) groups excluding carboxylic acids is 2. The number of nitrogens with one attached hydrogen (secondary N) is 1. The highest BCUT2D eigenvalue weighted by Gasteiger charge is 2.25. The van der Waals surface area contributed by atoms with Gasteiger partial charge in [-0.2, -0.15) is 5.10 Å². The second-order valence-corrected chi connectivity index (χ2v) is 7.40. The van der Waals surface area contributed by atoms with Gasteiger partial charge in [-0.15, -0.1) is 0 Å². The van der Waals surface area contributed by atoms with Crippen LogP contribution in [0.25, 0.3) is 5.69 Å². The summed E-state index contributed by atoms with van der Waals surface area (Å²) in [5.74, 6) is 0.321. The van der Waals surface area contributed by atoms with Crippen molar-refractivity contribution in [3.8, 4) is 5.69 Å². The summed E-state index contributed by atoms with van der Waals surface area (Å²) < 4.78 is 1.67. The number of piperidine rings is 1. The van der Waals surface area contributed by atoms with Crippen LogP contribution in [0.4, 0.5) is 5.69 Å². The van der Waals surface area contributed by atoms with E-state index in [1.54, 1.807) is 17.1 Å². The summed E-state index contributed by atoms with van der Waals surface area (Å²) in [5.41, 5.74) is 3.45. The van der Waals surface area contributed by atoms with Crippen LogP contribution in [0.2, 0.25) is 0 Å². The number of hydrogen-bond donors (Lipinski definition) is 1. The van der Waals surface area contributed by atoms with Crippen LogP contribution in [0.15, 0.2) is 67.0 Å². The van der Waals surface area contributed by atoms with Gasteiger partial charge in [-0.3, -0.25) is 9.59 Å². The molecule has 0 radical (unpaired) electrons. The Kier molecular flexibility index (Phi) is 5.42. The predicted molar refractivity (Wildman–Crippen MR) is 112 cm³/mol. The van der Waals surface area contributed by atoms with Crippen molar-refractivity contribution in [3.05, 3.63) is 78.1 Å². The number of amides is 2. The van der Waals surface area contributed by atoms with Crippen molar-refractivity contribution < 1.29 is 9.59 Å². The number of nitrogens with zero attached hydrogens (tertiary/aromatic N) is 3. The van der Waals surface area contributed by atoms with E-state index in [9.17, 15) is 9.59 Å². The van der Waals surface area contributed by atoms with Gasteiger partial charge >= 0.3 is 0 Å². The van der Waals surface area contributed by atoms with Crippen LogP contribution in [-0.4, -0.2) is 39.6 Å². The molecule has 2 amide bonds. The first-order valence-corrected chi connectivity index (χ1v) is 9.87. The Balaban J connectivity index is 1.45. The Morgan fingerprint density at radius 1 is 1.07 bits per heavy atom. The molecular weight excluding hydrogens is 364 g/mol. The van der Waals surface area contributed by atoms with E-state index < -0.39 is 0 Å². The molecule has 29 heavy (non-hydrogen) atoms. The fourth-order valence-electron chi connectivity index (χ4n) is 3.83. The number of carbonyl (C=O) groups is 2. The van der Waals surface area contributed by atoms with Gasteiger partial charge in [-0.25, -0.2) is 4.68 Å². The van der Waals surface area contributed by atoms with E-state index in [1.807, 2.05) is 35.2 Å². The zero-order chi connectivity index (χ0) is 20.2. The van der Waals surface area contributed by atoms with Crippen LogP contribution in [0.3, 0.4) is 0 Å². The molecular formula is C23H24N4O2. The molecule has 148 valence electrons. The molecule has 0 bridgehead atoms. The second kappa shape index (κ2) is 8.31. The molecule has 1 aliphatic heterocycles. The van der Waals surface area contributed by atoms with Crippen molar-refractivity contribution in [3.63, 3.8) is 0 Å². The van der Waals surface area contributed by atoms with Gasteiger partial charge in [0.05, 0.1) is 23.8 Å². The zero-order valence-electron chi connectivity index (χ0n) is 16.4. The SMILES string of the molecule is CC(=O)Nc1cnn(-c2ccc(C(=O)N3CCC[C@@H](c4ccccc4)C3)cc2)c1. The van der Waals surface area contributed by atoms with Gasteiger partial charge in [0.1, 0.15) is 0 Å². The third-order valence-electron chi connectivity index (χ3n) is 5.26. The average molecular weight is 388 g/mol. The van der Waals surface area contributed by atoms with Crippen LogP contribution in [0.5, 0.6) is 0 Å². The zero-order valence-corrected chi connectivity index (χ0v) is 16.4. The largest absolute Gasteiger partial charge is 0.338 e. The third-order valence-corrected chi connectivity index (χ3v) is 5.26. The number of anilines is 1. The molecule has 0 saturated carbocycles. The molecule has 4 rings (SSSR count). The maximum atomic E-state index is 13.0. The lowest BCUT2D eigenvalue weighted by molar-refractivity contribution is -0.114. The van der Waals surface area contributed by atoms with Crippen LogP contribution in [0.1, 0.15) is 41.6 Å². The summed E-state index contributed by atoms with van der Waals surface area (Å²) in [6, 6.07) is 17.8. The summed E-state index contributed by atoms with van der Waals surface area (Å²) >= 11 is 0. The molecule has 6 nitrogen and oxygen atoms in total. The van der Waals surface area contributed by atoms with Crippen LogP contribution in [-0.2, 0) is 4.79 Å². The standard InChI is InChI=1S/C23H24N4O2/c1-17(28)25-21-14-24-27(16-21)22-11-9-19(10-12-22)23(29)26-13-5-8-20(15-26)18-6-3-2-4-7-18/h2-4,6-7,9-12,14,16,20H,5,8,13,15H2,1H3,(H,25,28)/t20-/m1/s1.